The molecule has 1 aromatic heterocycles. The molecular formula is C22H28N2O4S. The predicted octanol–water partition coefficient (Wildman–Crippen LogP) is 3.32. The van der Waals surface area contributed by atoms with Crippen molar-refractivity contribution in [2.45, 2.75) is 45.6 Å². The second kappa shape index (κ2) is 8.90. The van der Waals surface area contributed by atoms with E-state index in [1.54, 1.807) is 11.3 Å². The number of rotatable bonds is 5. The summed E-state index contributed by atoms with van der Waals surface area (Å²) in [6, 6.07) is 2.17. The van der Waals surface area contributed by atoms with E-state index in [0.717, 1.165) is 67.5 Å². The van der Waals surface area contributed by atoms with Gasteiger partial charge < -0.3 is 9.47 Å². The summed E-state index contributed by atoms with van der Waals surface area (Å²) >= 11 is 1.64. The minimum atomic E-state index is -0.523. The third kappa shape index (κ3) is 4.22. The highest BCUT2D eigenvalue weighted by Crippen LogP contribution is 2.45. The smallest absolute Gasteiger partial charge is 0.315 e. The number of morpholine rings is 1. The van der Waals surface area contributed by atoms with Gasteiger partial charge in [-0.2, -0.15) is 0 Å². The van der Waals surface area contributed by atoms with Crippen LogP contribution in [0.5, 0.6) is 0 Å². The lowest BCUT2D eigenvalue weighted by Gasteiger charge is -2.33. The van der Waals surface area contributed by atoms with Gasteiger partial charge in [0.05, 0.1) is 19.8 Å². The van der Waals surface area contributed by atoms with E-state index in [1.807, 2.05) is 13.8 Å². The predicted molar refractivity (Wildman–Crippen MR) is 112 cm³/mol. The van der Waals surface area contributed by atoms with Crippen LogP contribution in [0, 0.1) is 5.92 Å². The summed E-state index contributed by atoms with van der Waals surface area (Å²) in [5, 5.41) is 2.15. The Kier molecular flexibility index (Phi) is 6.27. The lowest BCUT2D eigenvalue weighted by atomic mass is 9.74. The van der Waals surface area contributed by atoms with Crippen LogP contribution in [-0.4, -0.2) is 55.3 Å². The zero-order valence-corrected chi connectivity index (χ0v) is 17.9. The maximum absolute atomic E-state index is 12.9. The van der Waals surface area contributed by atoms with Crippen LogP contribution in [0.3, 0.4) is 0 Å². The number of nitrogens with zero attached hydrogens (tertiary/aromatic N) is 2. The molecule has 0 saturated carbocycles. The van der Waals surface area contributed by atoms with Crippen molar-refractivity contribution in [2.24, 2.45) is 10.9 Å². The molecular weight excluding hydrogens is 388 g/mol. The highest BCUT2D eigenvalue weighted by molar-refractivity contribution is 7.10. The first kappa shape index (κ1) is 20.4. The Hall–Kier alpha value is -1.83. The fourth-order valence-corrected chi connectivity index (χ4v) is 5.56. The van der Waals surface area contributed by atoms with Crippen molar-refractivity contribution >= 4 is 28.8 Å². The Morgan fingerprint density at radius 2 is 2.14 bits per heavy atom. The minimum Gasteiger partial charge on any atom is -0.465 e. The molecule has 7 heteroatoms. The number of esters is 1. The summed E-state index contributed by atoms with van der Waals surface area (Å²) < 4.78 is 10.8. The SMILES string of the molecule is CCOC(=O)C1C(C)=NC2=C(C(=O)CCC2)[C@H]1c1cc(CN2CCOCC2)cs1. The fourth-order valence-electron chi connectivity index (χ4n) is 4.51. The van der Waals surface area contributed by atoms with Crippen LogP contribution in [0.25, 0.3) is 0 Å². The van der Waals surface area contributed by atoms with E-state index in [4.69, 9.17) is 9.47 Å². The second-order valence-corrected chi connectivity index (χ2v) is 8.79. The van der Waals surface area contributed by atoms with Crippen molar-refractivity contribution in [1.82, 2.24) is 4.90 Å². The van der Waals surface area contributed by atoms with Gasteiger partial charge in [-0.15, -0.1) is 11.3 Å². The number of Topliss-reactive ketones (excluding diaryl/α,β-unsaturated/α-hetero) is 1. The molecule has 156 valence electrons. The lowest BCUT2D eigenvalue weighted by molar-refractivity contribution is -0.146. The van der Waals surface area contributed by atoms with Gasteiger partial charge in [0.15, 0.2) is 5.78 Å². The molecule has 1 aliphatic carbocycles. The number of hydrogen-bond donors (Lipinski definition) is 0. The van der Waals surface area contributed by atoms with E-state index in [0.29, 0.717) is 13.0 Å². The molecule has 3 heterocycles. The third-order valence-corrected chi connectivity index (χ3v) is 6.93. The van der Waals surface area contributed by atoms with Gasteiger partial charge in [-0.3, -0.25) is 19.5 Å². The number of carbonyl (C=O) groups is 2. The lowest BCUT2D eigenvalue weighted by Crippen LogP contribution is -2.37. The van der Waals surface area contributed by atoms with Gasteiger partial charge >= 0.3 is 5.97 Å². The Morgan fingerprint density at radius 1 is 1.34 bits per heavy atom. The normalized spacial score (nSPS) is 25.6. The van der Waals surface area contributed by atoms with E-state index >= 15 is 0 Å². The molecule has 6 nitrogen and oxygen atoms in total. The summed E-state index contributed by atoms with van der Waals surface area (Å²) in [5.74, 6) is -0.958. The quantitative estimate of drug-likeness (QED) is 0.689. The van der Waals surface area contributed by atoms with Gasteiger partial charge in [-0.05, 0) is 43.7 Å². The Balaban J connectivity index is 1.67. The number of carbonyl (C=O) groups excluding carboxylic acids is 2. The van der Waals surface area contributed by atoms with Gasteiger partial charge in [0.1, 0.15) is 5.92 Å². The van der Waals surface area contributed by atoms with Crippen LogP contribution in [0.15, 0.2) is 27.7 Å². The first-order chi connectivity index (χ1) is 14.1. The van der Waals surface area contributed by atoms with Crippen molar-refractivity contribution in [3.63, 3.8) is 0 Å². The number of hydrogen-bond acceptors (Lipinski definition) is 7. The molecule has 0 spiro atoms. The van der Waals surface area contributed by atoms with Crippen LogP contribution >= 0.6 is 11.3 Å². The van der Waals surface area contributed by atoms with Crippen molar-refractivity contribution in [3.8, 4) is 0 Å². The van der Waals surface area contributed by atoms with Gasteiger partial charge in [-0.25, -0.2) is 0 Å². The molecule has 4 rings (SSSR count). The standard InChI is InChI=1S/C22H28N2O4S/c1-3-28-22(26)19-14(2)23-16-5-4-6-17(25)20(16)21(19)18-11-15(13-29-18)12-24-7-9-27-10-8-24/h11,13,19,21H,3-10,12H2,1-2H3/t19?,21-/m0/s1. The zero-order valence-electron chi connectivity index (χ0n) is 17.1. The summed E-state index contributed by atoms with van der Waals surface area (Å²) in [6.07, 6.45) is 2.17. The largest absolute Gasteiger partial charge is 0.465 e. The highest BCUT2D eigenvalue weighted by Gasteiger charge is 2.43. The molecule has 29 heavy (non-hydrogen) atoms. The average molecular weight is 417 g/mol. The van der Waals surface area contributed by atoms with E-state index in [9.17, 15) is 9.59 Å². The molecule has 2 aliphatic heterocycles. The van der Waals surface area contributed by atoms with Gasteiger partial charge in [-0.1, -0.05) is 0 Å². The van der Waals surface area contributed by atoms with Gasteiger partial charge in [0, 0.05) is 53.8 Å². The van der Waals surface area contributed by atoms with Crippen LogP contribution in [0.2, 0.25) is 0 Å². The Morgan fingerprint density at radius 3 is 2.90 bits per heavy atom. The Labute approximate surface area is 175 Å². The van der Waals surface area contributed by atoms with E-state index in [2.05, 4.69) is 21.3 Å². The second-order valence-electron chi connectivity index (χ2n) is 7.84. The van der Waals surface area contributed by atoms with E-state index in [-0.39, 0.29) is 17.7 Å². The molecule has 0 amide bonds. The van der Waals surface area contributed by atoms with Crippen molar-refractivity contribution < 1.29 is 19.1 Å². The van der Waals surface area contributed by atoms with Crippen molar-refractivity contribution in [3.05, 3.63) is 33.2 Å². The van der Waals surface area contributed by atoms with Crippen LogP contribution < -0.4 is 0 Å². The first-order valence-corrected chi connectivity index (χ1v) is 11.3. The topological polar surface area (TPSA) is 68.2 Å². The number of thiophene rings is 1. The molecule has 1 unspecified atom stereocenters. The molecule has 2 atom stereocenters. The maximum atomic E-state index is 12.9. The molecule has 0 bridgehead atoms. The number of ketones is 1. The van der Waals surface area contributed by atoms with Crippen molar-refractivity contribution in [1.29, 1.82) is 0 Å². The summed E-state index contributed by atoms with van der Waals surface area (Å²) in [4.78, 5) is 33.8. The number of ether oxygens (including phenoxy) is 2. The van der Waals surface area contributed by atoms with Gasteiger partial charge in [0.25, 0.3) is 0 Å². The molecule has 0 N–H and O–H groups in total. The average Bonchev–Trinajstić information content (AvgIpc) is 3.16. The van der Waals surface area contributed by atoms with Gasteiger partial charge in [0.2, 0.25) is 0 Å². The van der Waals surface area contributed by atoms with E-state index in [1.165, 1.54) is 5.56 Å². The minimum absolute atomic E-state index is 0.130. The molecule has 0 aromatic carbocycles. The molecule has 0 radical (unpaired) electrons. The third-order valence-electron chi connectivity index (χ3n) is 5.87. The fraction of sp³-hybridized carbons (Fsp3) is 0.591. The molecule has 1 aromatic rings. The maximum Gasteiger partial charge on any atom is 0.315 e. The van der Waals surface area contributed by atoms with Crippen LogP contribution in [0.1, 0.15) is 49.5 Å². The molecule has 1 fully saturated rings. The summed E-state index contributed by atoms with van der Waals surface area (Å²) in [6.45, 7) is 8.28. The van der Waals surface area contributed by atoms with Crippen LogP contribution in [-0.2, 0) is 25.6 Å². The monoisotopic (exact) mass is 416 g/mol. The summed E-state index contributed by atoms with van der Waals surface area (Å²) in [5.41, 5.74) is 3.58. The molecule has 3 aliphatic rings. The Bertz CT molecular complexity index is 851. The van der Waals surface area contributed by atoms with E-state index < -0.39 is 5.92 Å². The highest BCUT2D eigenvalue weighted by atomic mass is 32.1. The number of allylic oxidation sites excluding steroid dienone is 2. The molecule has 1 saturated heterocycles. The zero-order chi connectivity index (χ0) is 20.4. The first-order valence-electron chi connectivity index (χ1n) is 10.4. The van der Waals surface area contributed by atoms with Crippen molar-refractivity contribution in [2.75, 3.05) is 32.9 Å². The van der Waals surface area contributed by atoms with Crippen LogP contribution in [0.4, 0.5) is 0 Å². The summed E-state index contributed by atoms with van der Waals surface area (Å²) in [7, 11) is 0. The number of aliphatic imine (C=N–C) groups is 1.